The molecule has 2 rings (SSSR count). The van der Waals surface area contributed by atoms with Gasteiger partial charge in [0, 0.05) is 51.2 Å². The summed E-state index contributed by atoms with van der Waals surface area (Å²) in [5.41, 5.74) is 0. The second-order valence-corrected chi connectivity index (χ2v) is 6.86. The molecule has 0 unspecified atom stereocenters. The zero-order valence-corrected chi connectivity index (χ0v) is 17.4. The molecule has 0 bridgehead atoms. The maximum atomic E-state index is 5.43. The van der Waals surface area contributed by atoms with Gasteiger partial charge in [-0.05, 0) is 43.6 Å². The van der Waals surface area contributed by atoms with Crippen LogP contribution >= 0.6 is 35.3 Å². The van der Waals surface area contributed by atoms with Crippen LogP contribution in [-0.2, 0) is 11.2 Å². The zero-order valence-electron chi connectivity index (χ0n) is 14.3. The minimum Gasteiger partial charge on any atom is -0.381 e. The monoisotopic (exact) mass is 451 g/mol. The van der Waals surface area contributed by atoms with Crippen LogP contribution in [0.25, 0.3) is 0 Å². The second-order valence-electron chi connectivity index (χ2n) is 5.83. The van der Waals surface area contributed by atoms with Crippen LogP contribution in [0.4, 0.5) is 0 Å². The maximum Gasteiger partial charge on any atom is 0.193 e. The maximum absolute atomic E-state index is 5.43. The van der Waals surface area contributed by atoms with Crippen LogP contribution in [0.2, 0.25) is 0 Å². The van der Waals surface area contributed by atoms with E-state index in [1.165, 1.54) is 24.1 Å². The highest BCUT2D eigenvalue weighted by Crippen LogP contribution is 2.18. The minimum absolute atomic E-state index is 0. The normalized spacial score (nSPS) is 16.0. The van der Waals surface area contributed by atoms with E-state index in [1.807, 2.05) is 11.3 Å². The van der Waals surface area contributed by atoms with Gasteiger partial charge in [-0.2, -0.15) is 0 Å². The minimum atomic E-state index is 0. The lowest BCUT2D eigenvalue weighted by Crippen LogP contribution is -2.40. The first-order chi connectivity index (χ1) is 10.8. The smallest absolute Gasteiger partial charge is 0.193 e. The Kier molecular flexibility index (Phi) is 10.9. The average Bonchev–Trinajstić information content (AvgIpc) is 3.06. The number of nitrogens with zero attached hydrogens (tertiary/aromatic N) is 2. The number of hydrogen-bond donors (Lipinski definition) is 1. The Morgan fingerprint density at radius 2 is 2.22 bits per heavy atom. The third-order valence-corrected chi connectivity index (χ3v) is 5.05. The molecule has 1 aliphatic heterocycles. The number of rotatable bonds is 7. The van der Waals surface area contributed by atoms with Crippen molar-refractivity contribution in [2.75, 3.05) is 39.9 Å². The standard InChI is InChI=1S/C17H29N3OS.HI/c1-3-18-17(19-10-6-16-5-4-14-22-16)20(2)11-7-15-8-12-21-13-9-15;/h4-5,14-15H,3,6-13H2,1-2H3,(H,18,19);1H. The van der Waals surface area contributed by atoms with Crippen molar-refractivity contribution in [3.8, 4) is 0 Å². The van der Waals surface area contributed by atoms with Crippen molar-refractivity contribution in [2.45, 2.75) is 32.6 Å². The summed E-state index contributed by atoms with van der Waals surface area (Å²) in [7, 11) is 2.14. The number of halogens is 1. The molecule has 1 fully saturated rings. The topological polar surface area (TPSA) is 36.9 Å². The molecule has 2 heterocycles. The van der Waals surface area contributed by atoms with E-state index in [9.17, 15) is 0 Å². The first-order valence-electron chi connectivity index (χ1n) is 8.39. The molecule has 1 saturated heterocycles. The van der Waals surface area contributed by atoms with Gasteiger partial charge >= 0.3 is 0 Å². The molecule has 0 spiro atoms. The molecule has 1 aliphatic rings. The lowest BCUT2D eigenvalue weighted by Gasteiger charge is -2.26. The Bertz CT molecular complexity index is 433. The van der Waals surface area contributed by atoms with Crippen molar-refractivity contribution in [2.24, 2.45) is 10.9 Å². The highest BCUT2D eigenvalue weighted by molar-refractivity contribution is 14.0. The summed E-state index contributed by atoms with van der Waals surface area (Å²) in [5, 5.41) is 5.53. The predicted octanol–water partition coefficient (Wildman–Crippen LogP) is 3.62. The van der Waals surface area contributed by atoms with Gasteiger partial charge in [-0.1, -0.05) is 6.07 Å². The fourth-order valence-electron chi connectivity index (χ4n) is 2.71. The number of guanidine groups is 1. The van der Waals surface area contributed by atoms with Crippen molar-refractivity contribution < 1.29 is 4.74 Å². The summed E-state index contributed by atoms with van der Waals surface area (Å²) in [6, 6.07) is 4.29. The Morgan fingerprint density at radius 3 is 2.87 bits per heavy atom. The van der Waals surface area contributed by atoms with E-state index in [2.05, 4.69) is 41.7 Å². The molecule has 1 aromatic rings. The van der Waals surface area contributed by atoms with Crippen molar-refractivity contribution in [1.29, 1.82) is 0 Å². The highest BCUT2D eigenvalue weighted by Gasteiger charge is 2.15. The molecule has 132 valence electrons. The summed E-state index contributed by atoms with van der Waals surface area (Å²) in [6.45, 7) is 6.83. The number of thiophene rings is 1. The summed E-state index contributed by atoms with van der Waals surface area (Å²) in [4.78, 5) is 8.44. The third-order valence-electron chi connectivity index (χ3n) is 4.11. The van der Waals surface area contributed by atoms with Gasteiger partial charge in [0.05, 0.1) is 0 Å². The molecule has 0 aromatic carbocycles. The molecule has 0 aliphatic carbocycles. The van der Waals surface area contributed by atoms with Gasteiger partial charge in [-0.15, -0.1) is 35.3 Å². The number of nitrogens with one attached hydrogen (secondary N) is 1. The van der Waals surface area contributed by atoms with E-state index in [0.717, 1.165) is 51.1 Å². The van der Waals surface area contributed by atoms with E-state index >= 15 is 0 Å². The molecule has 0 radical (unpaired) electrons. The van der Waals surface area contributed by atoms with E-state index in [1.54, 1.807) is 0 Å². The van der Waals surface area contributed by atoms with E-state index in [4.69, 9.17) is 9.73 Å². The van der Waals surface area contributed by atoms with E-state index in [-0.39, 0.29) is 24.0 Å². The molecule has 1 aromatic heterocycles. The molecular formula is C17H30IN3OS. The average molecular weight is 451 g/mol. The van der Waals surface area contributed by atoms with E-state index in [0.29, 0.717) is 0 Å². The van der Waals surface area contributed by atoms with Crippen molar-refractivity contribution >= 4 is 41.3 Å². The summed E-state index contributed by atoms with van der Waals surface area (Å²) in [6.07, 6.45) is 4.68. The fraction of sp³-hybridized carbons (Fsp3) is 0.706. The molecule has 1 N–H and O–H groups in total. The van der Waals surface area contributed by atoms with Gasteiger partial charge < -0.3 is 15.0 Å². The fourth-order valence-corrected chi connectivity index (χ4v) is 3.41. The predicted molar refractivity (Wildman–Crippen MR) is 110 cm³/mol. The van der Waals surface area contributed by atoms with Gasteiger partial charge in [-0.3, -0.25) is 4.99 Å². The number of aliphatic imine (C=N–C) groups is 1. The third kappa shape index (κ3) is 7.85. The van der Waals surface area contributed by atoms with Crippen LogP contribution in [0.5, 0.6) is 0 Å². The van der Waals surface area contributed by atoms with Crippen LogP contribution in [0.1, 0.15) is 31.1 Å². The van der Waals surface area contributed by atoms with Crippen molar-refractivity contribution in [1.82, 2.24) is 10.2 Å². The highest BCUT2D eigenvalue weighted by atomic mass is 127. The molecule has 23 heavy (non-hydrogen) atoms. The SMILES string of the molecule is CCNC(=NCCc1cccs1)N(C)CCC1CCOCC1.I. The van der Waals surface area contributed by atoms with Crippen LogP contribution in [0.3, 0.4) is 0 Å². The number of hydrogen-bond acceptors (Lipinski definition) is 3. The lowest BCUT2D eigenvalue weighted by atomic mass is 9.96. The molecule has 6 heteroatoms. The zero-order chi connectivity index (χ0) is 15.6. The Labute approximate surface area is 161 Å². The second kappa shape index (κ2) is 12.1. The van der Waals surface area contributed by atoms with Crippen LogP contribution in [-0.4, -0.2) is 50.8 Å². The molecule has 0 atom stereocenters. The summed E-state index contributed by atoms with van der Waals surface area (Å²) >= 11 is 1.81. The Hall–Kier alpha value is -0.340. The first kappa shape index (κ1) is 20.7. The Morgan fingerprint density at radius 1 is 1.43 bits per heavy atom. The number of ether oxygens (including phenoxy) is 1. The quantitative estimate of drug-likeness (QED) is 0.391. The summed E-state index contributed by atoms with van der Waals surface area (Å²) < 4.78 is 5.43. The van der Waals surface area contributed by atoms with Crippen LogP contribution < -0.4 is 5.32 Å². The van der Waals surface area contributed by atoms with Gasteiger partial charge in [0.25, 0.3) is 0 Å². The molecular weight excluding hydrogens is 421 g/mol. The van der Waals surface area contributed by atoms with Gasteiger partial charge in [0.2, 0.25) is 0 Å². The van der Waals surface area contributed by atoms with Crippen molar-refractivity contribution in [3.05, 3.63) is 22.4 Å². The van der Waals surface area contributed by atoms with Crippen LogP contribution in [0.15, 0.2) is 22.5 Å². The largest absolute Gasteiger partial charge is 0.381 e. The van der Waals surface area contributed by atoms with E-state index < -0.39 is 0 Å². The molecule has 4 nitrogen and oxygen atoms in total. The van der Waals surface area contributed by atoms with Gasteiger partial charge in [-0.25, -0.2) is 0 Å². The summed E-state index contributed by atoms with van der Waals surface area (Å²) in [5.74, 6) is 1.84. The first-order valence-corrected chi connectivity index (χ1v) is 9.27. The Balaban J connectivity index is 0.00000264. The van der Waals surface area contributed by atoms with Crippen molar-refractivity contribution in [3.63, 3.8) is 0 Å². The molecule has 0 saturated carbocycles. The van der Waals surface area contributed by atoms with Gasteiger partial charge in [0.15, 0.2) is 5.96 Å². The molecule has 0 amide bonds. The van der Waals surface area contributed by atoms with Gasteiger partial charge in [0.1, 0.15) is 0 Å². The lowest BCUT2D eigenvalue weighted by molar-refractivity contribution is 0.0625. The van der Waals surface area contributed by atoms with Crippen LogP contribution in [0, 0.1) is 5.92 Å².